The van der Waals surface area contributed by atoms with Crippen molar-refractivity contribution >= 4 is 23.4 Å². The third kappa shape index (κ3) is 3.44. The van der Waals surface area contributed by atoms with Crippen molar-refractivity contribution in [1.82, 2.24) is 4.98 Å². The number of aliphatic hydroxyl groups is 1. The van der Waals surface area contributed by atoms with Crippen LogP contribution in [0.1, 0.15) is 6.92 Å². The molecule has 0 saturated heterocycles. The Morgan fingerprint density at radius 2 is 2.43 bits per heavy atom. The van der Waals surface area contributed by atoms with Crippen molar-refractivity contribution < 1.29 is 9.50 Å². The molecule has 0 aromatic carbocycles. The van der Waals surface area contributed by atoms with Gasteiger partial charge >= 0.3 is 0 Å². The number of aromatic nitrogens is 1. The van der Waals surface area contributed by atoms with Crippen molar-refractivity contribution in [2.75, 3.05) is 12.4 Å². The van der Waals surface area contributed by atoms with Gasteiger partial charge in [0.05, 0.1) is 5.02 Å². The SMILES string of the molecule is CC(CO)CSc1ncc(Cl)cc1F. The second-order valence-electron chi connectivity index (χ2n) is 3.04. The first-order chi connectivity index (χ1) is 6.63. The van der Waals surface area contributed by atoms with Gasteiger partial charge in [0.25, 0.3) is 0 Å². The fourth-order valence-corrected chi connectivity index (χ4v) is 1.80. The zero-order chi connectivity index (χ0) is 10.6. The first-order valence-electron chi connectivity index (χ1n) is 4.18. The average molecular weight is 236 g/mol. The van der Waals surface area contributed by atoms with Crippen LogP contribution < -0.4 is 0 Å². The van der Waals surface area contributed by atoms with Gasteiger partial charge in [-0.3, -0.25) is 0 Å². The van der Waals surface area contributed by atoms with Gasteiger partial charge in [-0.05, 0) is 12.0 Å². The highest BCUT2D eigenvalue weighted by molar-refractivity contribution is 7.99. The standard InChI is InChI=1S/C9H11ClFNOS/c1-6(4-13)5-14-9-8(11)2-7(10)3-12-9/h2-3,6,13H,4-5H2,1H3. The molecular formula is C9H11ClFNOS. The van der Waals surface area contributed by atoms with E-state index in [1.54, 1.807) is 0 Å². The van der Waals surface area contributed by atoms with Crippen LogP contribution in [-0.2, 0) is 0 Å². The first-order valence-corrected chi connectivity index (χ1v) is 5.54. The lowest BCUT2D eigenvalue weighted by Crippen LogP contribution is -2.03. The highest BCUT2D eigenvalue weighted by Gasteiger charge is 2.07. The van der Waals surface area contributed by atoms with E-state index >= 15 is 0 Å². The highest BCUT2D eigenvalue weighted by Crippen LogP contribution is 2.23. The quantitative estimate of drug-likeness (QED) is 0.815. The lowest BCUT2D eigenvalue weighted by Gasteiger charge is -2.06. The van der Waals surface area contributed by atoms with E-state index in [4.69, 9.17) is 16.7 Å². The van der Waals surface area contributed by atoms with Crippen molar-refractivity contribution in [3.05, 3.63) is 23.1 Å². The molecular weight excluding hydrogens is 225 g/mol. The van der Waals surface area contributed by atoms with E-state index in [0.717, 1.165) is 0 Å². The molecule has 1 heterocycles. The summed E-state index contributed by atoms with van der Waals surface area (Å²) in [5.74, 6) is 0.367. The molecule has 14 heavy (non-hydrogen) atoms. The van der Waals surface area contributed by atoms with Crippen molar-refractivity contribution in [3.8, 4) is 0 Å². The number of nitrogens with zero attached hydrogens (tertiary/aromatic N) is 1. The monoisotopic (exact) mass is 235 g/mol. The Labute approximate surface area is 91.5 Å². The normalized spacial score (nSPS) is 12.9. The summed E-state index contributed by atoms with van der Waals surface area (Å²) < 4.78 is 13.2. The maximum absolute atomic E-state index is 13.2. The third-order valence-electron chi connectivity index (χ3n) is 1.59. The lowest BCUT2D eigenvalue weighted by molar-refractivity contribution is 0.250. The minimum absolute atomic E-state index is 0.0994. The van der Waals surface area contributed by atoms with Crippen LogP contribution in [-0.4, -0.2) is 22.5 Å². The van der Waals surface area contributed by atoms with Crippen LogP contribution >= 0.6 is 23.4 Å². The summed E-state index contributed by atoms with van der Waals surface area (Å²) in [6.07, 6.45) is 1.41. The Hall–Kier alpha value is -0.320. The molecule has 0 bridgehead atoms. The van der Waals surface area contributed by atoms with Crippen molar-refractivity contribution in [2.45, 2.75) is 11.9 Å². The van der Waals surface area contributed by atoms with Crippen molar-refractivity contribution in [2.24, 2.45) is 5.92 Å². The van der Waals surface area contributed by atoms with Crippen LogP contribution in [0.15, 0.2) is 17.3 Å². The maximum atomic E-state index is 13.2. The number of hydrogen-bond donors (Lipinski definition) is 1. The molecule has 5 heteroatoms. The number of thioether (sulfide) groups is 1. The number of pyridine rings is 1. The van der Waals surface area contributed by atoms with E-state index in [2.05, 4.69) is 4.98 Å². The lowest BCUT2D eigenvalue weighted by atomic mass is 10.2. The molecule has 1 rings (SSSR count). The van der Waals surface area contributed by atoms with Crippen LogP contribution in [0.25, 0.3) is 0 Å². The minimum atomic E-state index is -0.410. The molecule has 0 saturated carbocycles. The summed E-state index contributed by atoms with van der Waals surface area (Å²) >= 11 is 6.84. The molecule has 0 aliphatic carbocycles. The number of aliphatic hydroxyl groups excluding tert-OH is 1. The molecule has 1 atom stereocenters. The summed E-state index contributed by atoms with van der Waals surface area (Å²) in [7, 11) is 0. The van der Waals surface area contributed by atoms with Gasteiger partial charge in [-0.2, -0.15) is 0 Å². The van der Waals surface area contributed by atoms with E-state index in [9.17, 15) is 4.39 Å². The Bertz CT molecular complexity index is 311. The Kier molecular flexibility index (Phi) is 4.65. The number of hydrogen-bond acceptors (Lipinski definition) is 3. The molecule has 1 N–H and O–H groups in total. The summed E-state index contributed by atoms with van der Waals surface area (Å²) in [5, 5.41) is 9.40. The molecule has 0 amide bonds. The first kappa shape index (κ1) is 11.8. The Balaban J connectivity index is 2.59. The molecule has 0 radical (unpaired) electrons. The minimum Gasteiger partial charge on any atom is -0.396 e. The van der Waals surface area contributed by atoms with E-state index in [1.807, 2.05) is 6.92 Å². The van der Waals surface area contributed by atoms with E-state index in [0.29, 0.717) is 15.8 Å². The molecule has 2 nitrogen and oxygen atoms in total. The molecule has 0 fully saturated rings. The maximum Gasteiger partial charge on any atom is 0.156 e. The van der Waals surface area contributed by atoms with Crippen LogP contribution in [0.3, 0.4) is 0 Å². The van der Waals surface area contributed by atoms with Gasteiger partial charge in [-0.1, -0.05) is 18.5 Å². The summed E-state index contributed by atoms with van der Waals surface area (Å²) in [5.41, 5.74) is 0. The Morgan fingerprint density at radius 3 is 3.00 bits per heavy atom. The fraction of sp³-hybridized carbons (Fsp3) is 0.444. The van der Waals surface area contributed by atoms with Gasteiger partial charge in [0, 0.05) is 18.6 Å². The number of halogens is 2. The predicted octanol–water partition coefficient (Wildman–Crippen LogP) is 2.59. The smallest absolute Gasteiger partial charge is 0.156 e. The van der Waals surface area contributed by atoms with E-state index in [-0.39, 0.29) is 12.5 Å². The third-order valence-corrected chi connectivity index (χ3v) is 3.11. The van der Waals surface area contributed by atoms with E-state index < -0.39 is 5.82 Å². The summed E-state index contributed by atoms with van der Waals surface area (Å²) in [4.78, 5) is 3.86. The van der Waals surface area contributed by atoms with Gasteiger partial charge in [0.15, 0.2) is 5.82 Å². The number of rotatable bonds is 4. The van der Waals surface area contributed by atoms with Gasteiger partial charge in [-0.25, -0.2) is 9.37 Å². The van der Waals surface area contributed by atoms with Gasteiger partial charge in [-0.15, -0.1) is 11.8 Å². The predicted molar refractivity (Wildman–Crippen MR) is 56.2 cm³/mol. The van der Waals surface area contributed by atoms with Crippen LogP contribution in [0.4, 0.5) is 4.39 Å². The van der Waals surface area contributed by atoms with Gasteiger partial charge < -0.3 is 5.11 Å². The average Bonchev–Trinajstić information content (AvgIpc) is 2.16. The molecule has 0 spiro atoms. The highest BCUT2D eigenvalue weighted by atomic mass is 35.5. The summed E-state index contributed by atoms with van der Waals surface area (Å²) in [6.45, 7) is 1.99. The van der Waals surface area contributed by atoms with E-state index in [1.165, 1.54) is 24.0 Å². The molecule has 78 valence electrons. The second-order valence-corrected chi connectivity index (χ2v) is 4.48. The van der Waals surface area contributed by atoms with Crippen LogP contribution in [0.2, 0.25) is 5.02 Å². The Morgan fingerprint density at radius 1 is 1.71 bits per heavy atom. The largest absolute Gasteiger partial charge is 0.396 e. The molecule has 1 aromatic heterocycles. The summed E-state index contributed by atoms with van der Waals surface area (Å²) in [6, 6.07) is 1.24. The zero-order valence-corrected chi connectivity index (χ0v) is 9.28. The fourth-order valence-electron chi connectivity index (χ4n) is 0.782. The van der Waals surface area contributed by atoms with Crippen LogP contribution in [0.5, 0.6) is 0 Å². The topological polar surface area (TPSA) is 33.1 Å². The second kappa shape index (κ2) is 5.53. The van der Waals surface area contributed by atoms with Crippen molar-refractivity contribution in [1.29, 1.82) is 0 Å². The van der Waals surface area contributed by atoms with Gasteiger partial charge in [0.1, 0.15) is 5.03 Å². The zero-order valence-electron chi connectivity index (χ0n) is 7.70. The van der Waals surface area contributed by atoms with Crippen molar-refractivity contribution in [3.63, 3.8) is 0 Å². The molecule has 0 aliphatic rings. The molecule has 1 aromatic rings. The van der Waals surface area contributed by atoms with Gasteiger partial charge in [0.2, 0.25) is 0 Å². The van der Waals surface area contributed by atoms with Crippen LogP contribution in [0, 0.1) is 11.7 Å². The molecule has 1 unspecified atom stereocenters. The molecule has 0 aliphatic heterocycles.